The van der Waals surface area contributed by atoms with Crippen LogP contribution in [0.3, 0.4) is 0 Å². The highest BCUT2D eigenvalue weighted by Gasteiger charge is 2.10. The Kier molecular flexibility index (Phi) is 3.97. The van der Waals surface area contributed by atoms with Crippen LogP contribution in [-0.4, -0.2) is 13.1 Å². The second-order valence-electron chi connectivity index (χ2n) is 3.91. The van der Waals surface area contributed by atoms with E-state index in [1.807, 2.05) is 30.3 Å². The number of rotatable bonds is 3. The third-order valence-corrected chi connectivity index (χ3v) is 3.54. The number of carbonyl (C=O) groups is 1. The number of methoxy groups -OCH3 is 1. The summed E-state index contributed by atoms with van der Waals surface area (Å²) in [5.74, 6) is -0.429. The van der Waals surface area contributed by atoms with E-state index in [2.05, 4.69) is 4.74 Å². The first-order valence-electron chi connectivity index (χ1n) is 5.61. The maximum Gasteiger partial charge on any atom is 0.339 e. The molecule has 0 aromatic heterocycles. The van der Waals surface area contributed by atoms with Crippen LogP contribution in [0.5, 0.6) is 0 Å². The number of benzene rings is 2. The molecule has 0 aliphatic carbocycles. The smallest absolute Gasteiger partial charge is 0.339 e. The second-order valence-corrected chi connectivity index (χ2v) is 5.06. The SMILES string of the molecule is COC(=O)c1ccc(Sc2ccc(N)cc2)cc1N. The maximum absolute atomic E-state index is 11.4. The molecule has 0 heterocycles. The van der Waals surface area contributed by atoms with Gasteiger partial charge in [-0.3, -0.25) is 0 Å². The van der Waals surface area contributed by atoms with Gasteiger partial charge in [-0.05, 0) is 42.5 Å². The number of nitrogen functional groups attached to an aromatic ring is 2. The molecule has 0 saturated heterocycles. The molecule has 0 unspecified atom stereocenters. The van der Waals surface area contributed by atoms with Gasteiger partial charge in [0.05, 0.1) is 12.7 Å². The molecule has 4 nitrogen and oxygen atoms in total. The van der Waals surface area contributed by atoms with Crippen molar-refractivity contribution >= 4 is 29.1 Å². The minimum atomic E-state index is -0.429. The zero-order chi connectivity index (χ0) is 13.8. The van der Waals surface area contributed by atoms with Crippen LogP contribution >= 0.6 is 11.8 Å². The van der Waals surface area contributed by atoms with E-state index in [4.69, 9.17) is 11.5 Å². The van der Waals surface area contributed by atoms with E-state index >= 15 is 0 Å². The Bertz CT molecular complexity index is 597. The first kappa shape index (κ1) is 13.3. The summed E-state index contributed by atoms with van der Waals surface area (Å²) in [5, 5.41) is 0. The lowest BCUT2D eigenvalue weighted by Crippen LogP contribution is -2.05. The third-order valence-electron chi connectivity index (χ3n) is 2.54. The van der Waals surface area contributed by atoms with E-state index in [-0.39, 0.29) is 0 Å². The van der Waals surface area contributed by atoms with E-state index in [0.29, 0.717) is 11.3 Å². The Morgan fingerprint density at radius 3 is 2.26 bits per heavy atom. The molecular weight excluding hydrogens is 260 g/mol. The fraction of sp³-hybridized carbons (Fsp3) is 0.0714. The van der Waals surface area contributed by atoms with E-state index in [9.17, 15) is 4.79 Å². The maximum atomic E-state index is 11.4. The molecule has 2 rings (SSSR count). The topological polar surface area (TPSA) is 78.3 Å². The molecule has 2 aromatic carbocycles. The van der Waals surface area contributed by atoms with Crippen molar-refractivity contribution in [2.24, 2.45) is 0 Å². The molecule has 0 saturated carbocycles. The lowest BCUT2D eigenvalue weighted by Gasteiger charge is -2.07. The van der Waals surface area contributed by atoms with Crippen molar-refractivity contribution in [3.8, 4) is 0 Å². The summed E-state index contributed by atoms with van der Waals surface area (Å²) >= 11 is 1.55. The van der Waals surface area contributed by atoms with Crippen molar-refractivity contribution in [1.82, 2.24) is 0 Å². The van der Waals surface area contributed by atoms with Crippen molar-refractivity contribution in [1.29, 1.82) is 0 Å². The fourth-order valence-electron chi connectivity index (χ4n) is 1.57. The van der Waals surface area contributed by atoms with Gasteiger partial charge in [-0.1, -0.05) is 11.8 Å². The highest BCUT2D eigenvalue weighted by atomic mass is 32.2. The van der Waals surface area contributed by atoms with Crippen molar-refractivity contribution < 1.29 is 9.53 Å². The summed E-state index contributed by atoms with van der Waals surface area (Å²) in [6.45, 7) is 0. The highest BCUT2D eigenvalue weighted by Crippen LogP contribution is 2.30. The van der Waals surface area contributed by atoms with Crippen LogP contribution in [0.4, 0.5) is 11.4 Å². The number of carbonyl (C=O) groups excluding carboxylic acids is 1. The van der Waals surface area contributed by atoms with Crippen LogP contribution in [0.25, 0.3) is 0 Å². The molecule has 0 aliphatic rings. The Balaban J connectivity index is 2.20. The minimum Gasteiger partial charge on any atom is -0.465 e. The summed E-state index contributed by atoms with van der Waals surface area (Å²) in [7, 11) is 1.33. The number of nitrogens with two attached hydrogens (primary N) is 2. The lowest BCUT2D eigenvalue weighted by molar-refractivity contribution is 0.0602. The predicted octanol–water partition coefficient (Wildman–Crippen LogP) is 2.79. The van der Waals surface area contributed by atoms with Gasteiger partial charge in [-0.25, -0.2) is 4.79 Å². The largest absolute Gasteiger partial charge is 0.465 e. The summed E-state index contributed by atoms with van der Waals surface area (Å²) in [6.07, 6.45) is 0. The van der Waals surface area contributed by atoms with Gasteiger partial charge in [0.1, 0.15) is 0 Å². The lowest BCUT2D eigenvalue weighted by atomic mass is 10.2. The van der Waals surface area contributed by atoms with E-state index in [1.165, 1.54) is 7.11 Å². The monoisotopic (exact) mass is 274 g/mol. The Hall–Kier alpha value is -2.14. The molecule has 5 heteroatoms. The molecule has 0 spiro atoms. The first-order valence-corrected chi connectivity index (χ1v) is 6.43. The highest BCUT2D eigenvalue weighted by molar-refractivity contribution is 7.99. The Labute approximate surface area is 115 Å². The molecule has 0 amide bonds. The summed E-state index contributed by atoms with van der Waals surface area (Å²) in [5.41, 5.74) is 13.0. The first-order chi connectivity index (χ1) is 9.10. The summed E-state index contributed by atoms with van der Waals surface area (Å²) in [4.78, 5) is 13.4. The number of esters is 1. The molecule has 98 valence electrons. The summed E-state index contributed by atoms with van der Waals surface area (Å²) < 4.78 is 4.65. The van der Waals surface area contributed by atoms with Gasteiger partial charge in [-0.15, -0.1) is 0 Å². The molecular formula is C14H14N2O2S. The number of hydrogen-bond donors (Lipinski definition) is 2. The molecule has 4 N–H and O–H groups in total. The zero-order valence-corrected chi connectivity index (χ0v) is 11.2. The third kappa shape index (κ3) is 3.20. The van der Waals surface area contributed by atoms with Crippen LogP contribution in [0.1, 0.15) is 10.4 Å². The van der Waals surface area contributed by atoms with Crippen molar-refractivity contribution in [2.75, 3.05) is 18.6 Å². The zero-order valence-electron chi connectivity index (χ0n) is 10.4. The van der Waals surface area contributed by atoms with E-state index in [1.54, 1.807) is 23.9 Å². The quantitative estimate of drug-likeness (QED) is 0.664. The summed E-state index contributed by atoms with van der Waals surface area (Å²) in [6, 6.07) is 12.8. The number of anilines is 2. The van der Waals surface area contributed by atoms with Gasteiger partial charge in [0.25, 0.3) is 0 Å². The van der Waals surface area contributed by atoms with Crippen LogP contribution in [0.2, 0.25) is 0 Å². The predicted molar refractivity (Wildman–Crippen MR) is 77.2 cm³/mol. The number of ether oxygens (including phenoxy) is 1. The molecule has 0 radical (unpaired) electrons. The minimum absolute atomic E-state index is 0.379. The van der Waals surface area contributed by atoms with E-state index < -0.39 is 5.97 Å². The van der Waals surface area contributed by atoms with Crippen molar-refractivity contribution in [2.45, 2.75) is 9.79 Å². The van der Waals surface area contributed by atoms with Crippen LogP contribution in [0, 0.1) is 0 Å². The molecule has 0 fully saturated rings. The fourth-order valence-corrected chi connectivity index (χ4v) is 2.44. The van der Waals surface area contributed by atoms with Gasteiger partial charge >= 0.3 is 5.97 Å². The Morgan fingerprint density at radius 1 is 1.05 bits per heavy atom. The molecule has 0 aliphatic heterocycles. The average Bonchev–Trinajstić information content (AvgIpc) is 2.41. The Morgan fingerprint density at radius 2 is 1.68 bits per heavy atom. The second kappa shape index (κ2) is 5.67. The van der Waals surface area contributed by atoms with Gasteiger partial charge in [0.15, 0.2) is 0 Å². The molecule has 0 bridgehead atoms. The van der Waals surface area contributed by atoms with Gasteiger partial charge in [-0.2, -0.15) is 0 Å². The van der Waals surface area contributed by atoms with Gasteiger partial charge in [0.2, 0.25) is 0 Å². The van der Waals surface area contributed by atoms with E-state index in [0.717, 1.165) is 15.5 Å². The molecule has 2 aromatic rings. The standard InChI is InChI=1S/C14H14N2O2S/c1-18-14(17)12-7-6-11(8-13(12)16)19-10-4-2-9(15)3-5-10/h2-8H,15-16H2,1H3. The van der Waals surface area contributed by atoms with Crippen LogP contribution < -0.4 is 11.5 Å². The number of hydrogen-bond acceptors (Lipinski definition) is 5. The van der Waals surface area contributed by atoms with Crippen LogP contribution in [0.15, 0.2) is 52.3 Å². The molecule has 0 atom stereocenters. The van der Waals surface area contributed by atoms with Crippen molar-refractivity contribution in [3.05, 3.63) is 48.0 Å². The van der Waals surface area contributed by atoms with Crippen molar-refractivity contribution in [3.63, 3.8) is 0 Å². The van der Waals surface area contributed by atoms with Gasteiger partial charge in [0, 0.05) is 21.2 Å². The average molecular weight is 274 g/mol. The molecule has 19 heavy (non-hydrogen) atoms. The normalized spacial score (nSPS) is 10.2. The van der Waals surface area contributed by atoms with Gasteiger partial charge < -0.3 is 16.2 Å². The van der Waals surface area contributed by atoms with Crippen LogP contribution in [-0.2, 0) is 4.74 Å².